The number of piperidine rings is 1. The van der Waals surface area contributed by atoms with Gasteiger partial charge in [0.1, 0.15) is 11.9 Å². The monoisotopic (exact) mass is 245 g/mol. The van der Waals surface area contributed by atoms with Gasteiger partial charge in [-0.15, -0.1) is 0 Å². The molecule has 1 aliphatic heterocycles. The van der Waals surface area contributed by atoms with Crippen LogP contribution in [0.5, 0.6) is 0 Å². The van der Waals surface area contributed by atoms with Crippen LogP contribution in [0.4, 0.5) is 11.5 Å². The molecule has 0 spiro atoms. The molecule has 1 aliphatic rings. The molecule has 2 rings (SSSR count). The molecule has 1 aromatic rings. The normalized spacial score (nSPS) is 20.3. The Hall–Kier alpha value is -1.80. The van der Waals surface area contributed by atoms with Gasteiger partial charge in [-0.25, -0.2) is 4.98 Å². The van der Waals surface area contributed by atoms with Gasteiger partial charge in [-0.2, -0.15) is 5.26 Å². The molecule has 1 fully saturated rings. The number of anilines is 2. The lowest BCUT2D eigenvalue weighted by Gasteiger charge is -2.32. The first-order chi connectivity index (χ1) is 8.72. The number of nitrogens with two attached hydrogens (primary N) is 1. The van der Waals surface area contributed by atoms with Gasteiger partial charge in [-0.05, 0) is 38.1 Å². The van der Waals surface area contributed by atoms with Crippen molar-refractivity contribution in [2.45, 2.75) is 25.8 Å². The van der Waals surface area contributed by atoms with Crippen molar-refractivity contribution in [3.05, 3.63) is 17.8 Å². The van der Waals surface area contributed by atoms with Gasteiger partial charge in [0.05, 0.1) is 5.69 Å². The molecule has 0 saturated carbocycles. The van der Waals surface area contributed by atoms with Crippen LogP contribution in [0.2, 0.25) is 0 Å². The van der Waals surface area contributed by atoms with E-state index in [1.165, 1.54) is 13.0 Å². The van der Waals surface area contributed by atoms with Crippen LogP contribution in [0.15, 0.2) is 12.1 Å². The third kappa shape index (κ3) is 2.90. The van der Waals surface area contributed by atoms with Gasteiger partial charge in [-0.1, -0.05) is 6.92 Å². The molecular weight excluding hydrogens is 226 g/mol. The number of nitriles is 1. The SMILES string of the molecule is CCN1CCCC(Nc2ccc(N)c(C#N)n2)C1. The van der Waals surface area contributed by atoms with Crippen LogP contribution < -0.4 is 11.1 Å². The molecule has 0 aromatic carbocycles. The van der Waals surface area contributed by atoms with Crippen molar-refractivity contribution in [1.29, 1.82) is 5.26 Å². The number of likely N-dealkylation sites (N-methyl/N-ethyl adjacent to an activating group) is 1. The van der Waals surface area contributed by atoms with E-state index in [-0.39, 0.29) is 0 Å². The highest BCUT2D eigenvalue weighted by Gasteiger charge is 2.18. The van der Waals surface area contributed by atoms with E-state index in [0.29, 0.717) is 17.4 Å². The van der Waals surface area contributed by atoms with Crippen LogP contribution in [0, 0.1) is 11.3 Å². The van der Waals surface area contributed by atoms with E-state index in [9.17, 15) is 0 Å². The summed E-state index contributed by atoms with van der Waals surface area (Å²) in [6.07, 6.45) is 2.34. The average molecular weight is 245 g/mol. The molecule has 1 saturated heterocycles. The standard InChI is InChI=1S/C13H19N5/c1-2-18-7-3-4-10(9-18)16-13-6-5-11(15)12(8-14)17-13/h5-6,10H,2-4,7,9,15H2,1H3,(H,16,17). The lowest BCUT2D eigenvalue weighted by atomic mass is 10.1. The van der Waals surface area contributed by atoms with E-state index in [1.54, 1.807) is 6.07 Å². The second-order valence-corrected chi connectivity index (χ2v) is 4.62. The molecule has 0 radical (unpaired) electrons. The fraction of sp³-hybridized carbons (Fsp3) is 0.538. The first-order valence-corrected chi connectivity index (χ1v) is 6.38. The highest BCUT2D eigenvalue weighted by molar-refractivity contribution is 5.54. The number of pyridine rings is 1. The largest absolute Gasteiger partial charge is 0.396 e. The molecule has 2 heterocycles. The molecule has 0 amide bonds. The van der Waals surface area contributed by atoms with Gasteiger partial charge in [0.2, 0.25) is 0 Å². The lowest BCUT2D eigenvalue weighted by molar-refractivity contribution is 0.226. The maximum absolute atomic E-state index is 8.90. The number of hydrogen-bond acceptors (Lipinski definition) is 5. The van der Waals surface area contributed by atoms with Crippen molar-refractivity contribution in [2.75, 3.05) is 30.7 Å². The summed E-state index contributed by atoms with van der Waals surface area (Å²) >= 11 is 0. The van der Waals surface area contributed by atoms with E-state index in [2.05, 4.69) is 22.1 Å². The first kappa shape index (κ1) is 12.7. The second kappa shape index (κ2) is 5.69. The fourth-order valence-corrected chi connectivity index (χ4v) is 2.31. The van der Waals surface area contributed by atoms with Crippen LogP contribution in [0.25, 0.3) is 0 Å². The summed E-state index contributed by atoms with van der Waals surface area (Å²) in [4.78, 5) is 6.64. The van der Waals surface area contributed by atoms with Crippen molar-refractivity contribution >= 4 is 11.5 Å². The Bertz CT molecular complexity index is 451. The van der Waals surface area contributed by atoms with Crippen molar-refractivity contribution in [3.63, 3.8) is 0 Å². The van der Waals surface area contributed by atoms with Crippen molar-refractivity contribution in [3.8, 4) is 6.07 Å². The van der Waals surface area contributed by atoms with E-state index in [1.807, 2.05) is 12.1 Å². The summed E-state index contributed by atoms with van der Waals surface area (Å²) in [7, 11) is 0. The Balaban J connectivity index is 2.03. The van der Waals surface area contributed by atoms with Gasteiger partial charge in [0.15, 0.2) is 5.69 Å². The molecule has 0 bridgehead atoms. The summed E-state index contributed by atoms with van der Waals surface area (Å²) in [6, 6.07) is 5.98. The zero-order chi connectivity index (χ0) is 13.0. The van der Waals surface area contributed by atoms with Crippen LogP contribution in [0.3, 0.4) is 0 Å². The molecule has 1 atom stereocenters. The Kier molecular flexibility index (Phi) is 4.00. The second-order valence-electron chi connectivity index (χ2n) is 4.62. The van der Waals surface area contributed by atoms with Crippen molar-refractivity contribution in [1.82, 2.24) is 9.88 Å². The van der Waals surface area contributed by atoms with Crippen LogP contribution in [0.1, 0.15) is 25.5 Å². The number of nitrogen functional groups attached to an aromatic ring is 1. The van der Waals surface area contributed by atoms with Crippen LogP contribution >= 0.6 is 0 Å². The smallest absolute Gasteiger partial charge is 0.165 e. The molecule has 0 aliphatic carbocycles. The third-order valence-electron chi connectivity index (χ3n) is 3.34. The summed E-state index contributed by atoms with van der Waals surface area (Å²) in [5.41, 5.74) is 6.38. The zero-order valence-electron chi connectivity index (χ0n) is 10.7. The summed E-state index contributed by atoms with van der Waals surface area (Å²) in [5.74, 6) is 0.740. The van der Waals surface area contributed by atoms with Gasteiger partial charge in [-0.3, -0.25) is 0 Å². The number of hydrogen-bond donors (Lipinski definition) is 2. The summed E-state index contributed by atoms with van der Waals surface area (Å²) in [5, 5.41) is 12.3. The maximum Gasteiger partial charge on any atom is 0.165 e. The first-order valence-electron chi connectivity index (χ1n) is 6.38. The molecule has 96 valence electrons. The minimum Gasteiger partial charge on any atom is -0.396 e. The quantitative estimate of drug-likeness (QED) is 0.842. The molecule has 5 heteroatoms. The molecule has 5 nitrogen and oxygen atoms in total. The van der Waals surface area contributed by atoms with Gasteiger partial charge in [0, 0.05) is 12.6 Å². The van der Waals surface area contributed by atoms with Crippen molar-refractivity contribution in [2.24, 2.45) is 0 Å². The minimum atomic E-state index is 0.295. The number of likely N-dealkylation sites (tertiary alicyclic amines) is 1. The maximum atomic E-state index is 8.90. The van der Waals surface area contributed by atoms with Crippen LogP contribution in [-0.4, -0.2) is 35.6 Å². The predicted octanol–water partition coefficient (Wildman–Crippen LogP) is 1.43. The molecule has 1 aromatic heterocycles. The fourth-order valence-electron chi connectivity index (χ4n) is 2.31. The highest BCUT2D eigenvalue weighted by Crippen LogP contribution is 2.17. The highest BCUT2D eigenvalue weighted by atomic mass is 15.2. The Labute approximate surface area is 108 Å². The van der Waals surface area contributed by atoms with Crippen molar-refractivity contribution < 1.29 is 0 Å². The Morgan fingerprint density at radius 2 is 2.44 bits per heavy atom. The van der Waals surface area contributed by atoms with E-state index < -0.39 is 0 Å². The number of aromatic nitrogens is 1. The number of rotatable bonds is 3. The number of nitrogens with one attached hydrogen (secondary N) is 1. The lowest BCUT2D eigenvalue weighted by Crippen LogP contribution is -2.42. The van der Waals surface area contributed by atoms with Gasteiger partial charge >= 0.3 is 0 Å². The average Bonchev–Trinajstić information content (AvgIpc) is 2.41. The molecule has 3 N–H and O–H groups in total. The van der Waals surface area contributed by atoms with Crippen LogP contribution in [-0.2, 0) is 0 Å². The molecule has 18 heavy (non-hydrogen) atoms. The van der Waals surface area contributed by atoms with Gasteiger partial charge < -0.3 is 16.0 Å². The predicted molar refractivity (Wildman–Crippen MR) is 72.1 cm³/mol. The molecular formula is C13H19N5. The minimum absolute atomic E-state index is 0.295. The Morgan fingerprint density at radius 3 is 3.17 bits per heavy atom. The molecule has 1 unspecified atom stereocenters. The third-order valence-corrected chi connectivity index (χ3v) is 3.34. The van der Waals surface area contributed by atoms with Gasteiger partial charge in [0.25, 0.3) is 0 Å². The summed E-state index contributed by atoms with van der Waals surface area (Å²) in [6.45, 7) is 5.46. The van der Waals surface area contributed by atoms with E-state index >= 15 is 0 Å². The number of nitrogens with zero attached hydrogens (tertiary/aromatic N) is 3. The summed E-state index contributed by atoms with van der Waals surface area (Å²) < 4.78 is 0. The Morgan fingerprint density at radius 1 is 1.61 bits per heavy atom. The van der Waals surface area contributed by atoms with E-state index in [4.69, 9.17) is 11.0 Å². The zero-order valence-corrected chi connectivity index (χ0v) is 10.7. The van der Waals surface area contributed by atoms with E-state index in [0.717, 1.165) is 25.3 Å². The topological polar surface area (TPSA) is 78.0 Å².